The lowest BCUT2D eigenvalue weighted by Gasteiger charge is -2.36. The van der Waals surface area contributed by atoms with Gasteiger partial charge in [-0.2, -0.15) is 0 Å². The lowest BCUT2D eigenvalue weighted by Crippen LogP contribution is -2.45. The second kappa shape index (κ2) is 11.6. The van der Waals surface area contributed by atoms with E-state index in [1.54, 1.807) is 12.1 Å². The van der Waals surface area contributed by atoms with Gasteiger partial charge in [-0.15, -0.1) is 38.0 Å². The number of benzene rings is 3. The topological polar surface area (TPSA) is 24.5 Å². The third-order valence-electron chi connectivity index (χ3n) is 5.26. The Hall–Kier alpha value is -2.25. The van der Waals surface area contributed by atoms with Crippen molar-refractivity contribution < 1.29 is 17.9 Å². The van der Waals surface area contributed by atoms with Gasteiger partial charge in [0, 0.05) is 26.2 Å². The number of piperazine rings is 1. The molecule has 1 heterocycles. The fraction of sp³-hybridized carbons (Fsp3) is 0.250. The van der Waals surface area contributed by atoms with Crippen LogP contribution in [-0.2, 0) is 0 Å². The van der Waals surface area contributed by atoms with E-state index in [-0.39, 0.29) is 36.6 Å². The molecule has 0 aliphatic carbocycles. The number of hydrogen-bond donors (Lipinski definition) is 1. The molecule has 3 aromatic carbocycles. The van der Waals surface area contributed by atoms with Crippen LogP contribution in [0.25, 0.3) is 11.1 Å². The highest BCUT2D eigenvalue weighted by molar-refractivity contribution is 5.85. The summed E-state index contributed by atoms with van der Waals surface area (Å²) >= 11 is 0. The van der Waals surface area contributed by atoms with Gasteiger partial charge in [-0.3, -0.25) is 4.90 Å². The first-order valence-corrected chi connectivity index (χ1v) is 9.95. The van der Waals surface area contributed by atoms with E-state index in [0.29, 0.717) is 0 Å². The summed E-state index contributed by atoms with van der Waals surface area (Å²) in [6, 6.07) is 24.7. The minimum Gasteiger partial charge on any atom is -0.406 e. The number of alkyl halides is 3. The lowest BCUT2D eigenvalue weighted by atomic mass is 9.93. The normalized spacial score (nSPS) is 15.2. The minimum atomic E-state index is -4.69. The van der Waals surface area contributed by atoms with Crippen molar-refractivity contribution in [1.82, 2.24) is 10.2 Å². The average Bonchev–Trinajstić information content (AvgIpc) is 2.76. The van der Waals surface area contributed by atoms with Crippen molar-refractivity contribution in [3.63, 3.8) is 0 Å². The number of halogens is 5. The monoisotopic (exact) mass is 484 g/mol. The Kier molecular flexibility index (Phi) is 9.40. The Morgan fingerprint density at radius 3 is 2.00 bits per heavy atom. The van der Waals surface area contributed by atoms with Gasteiger partial charge in [0.15, 0.2) is 0 Å². The van der Waals surface area contributed by atoms with Gasteiger partial charge in [-0.25, -0.2) is 0 Å². The molecule has 3 nitrogen and oxygen atoms in total. The molecule has 1 N–H and O–H groups in total. The molecule has 32 heavy (non-hydrogen) atoms. The zero-order valence-electron chi connectivity index (χ0n) is 17.2. The minimum absolute atomic E-state index is 0. The van der Waals surface area contributed by atoms with Crippen molar-refractivity contribution in [2.75, 3.05) is 26.2 Å². The molecule has 1 aliphatic heterocycles. The van der Waals surface area contributed by atoms with Crippen LogP contribution in [-0.4, -0.2) is 37.4 Å². The number of hydrogen-bond acceptors (Lipinski definition) is 3. The van der Waals surface area contributed by atoms with Crippen molar-refractivity contribution in [1.29, 1.82) is 0 Å². The Morgan fingerprint density at radius 1 is 0.750 bits per heavy atom. The molecular weight excluding hydrogens is 460 g/mol. The van der Waals surface area contributed by atoms with Gasteiger partial charge in [0.25, 0.3) is 0 Å². The van der Waals surface area contributed by atoms with E-state index in [2.05, 4.69) is 45.3 Å². The molecule has 4 rings (SSSR count). The van der Waals surface area contributed by atoms with Crippen molar-refractivity contribution >= 4 is 24.8 Å². The smallest absolute Gasteiger partial charge is 0.406 e. The summed E-state index contributed by atoms with van der Waals surface area (Å²) in [4.78, 5) is 2.36. The van der Waals surface area contributed by atoms with Crippen molar-refractivity contribution in [2.45, 2.75) is 12.4 Å². The predicted octanol–water partition coefficient (Wildman–Crippen LogP) is 6.09. The molecule has 1 saturated heterocycles. The van der Waals surface area contributed by atoms with Gasteiger partial charge in [0.05, 0.1) is 6.04 Å². The molecule has 1 aliphatic rings. The molecule has 0 spiro atoms. The molecular formula is C24H25Cl2F3N2O. The molecule has 0 radical (unpaired) electrons. The third-order valence-corrected chi connectivity index (χ3v) is 5.26. The first-order chi connectivity index (χ1) is 14.5. The summed E-state index contributed by atoms with van der Waals surface area (Å²) in [5, 5.41) is 3.36. The van der Waals surface area contributed by atoms with Crippen LogP contribution >= 0.6 is 24.8 Å². The number of rotatable bonds is 5. The van der Waals surface area contributed by atoms with Crippen LogP contribution in [0, 0.1) is 0 Å². The van der Waals surface area contributed by atoms with Crippen molar-refractivity contribution in [3.05, 3.63) is 90.0 Å². The lowest BCUT2D eigenvalue weighted by molar-refractivity contribution is -0.274. The SMILES string of the molecule is Cl.Cl.FC(F)(F)Oc1ccc([C@@H](c2cccc(-c3ccccc3)c2)N2CCNCC2)cc1. The zero-order chi connectivity index (χ0) is 21.0. The van der Waals surface area contributed by atoms with E-state index < -0.39 is 6.36 Å². The molecule has 8 heteroatoms. The van der Waals surface area contributed by atoms with Crippen LogP contribution in [0.15, 0.2) is 78.9 Å². The third kappa shape index (κ3) is 6.62. The standard InChI is InChI=1S/C24H23F3N2O.2ClH/c25-24(26,27)30-22-11-9-19(10-12-22)23(29-15-13-28-14-16-29)21-8-4-7-20(17-21)18-5-2-1-3-6-18;;/h1-12,17,23,28H,13-16H2;2*1H/t23-;;/m0../s1. The van der Waals surface area contributed by atoms with Crippen LogP contribution in [0.3, 0.4) is 0 Å². The van der Waals surface area contributed by atoms with Crippen LogP contribution in [0.4, 0.5) is 13.2 Å². The molecule has 172 valence electrons. The highest BCUT2D eigenvalue weighted by Crippen LogP contribution is 2.33. The van der Waals surface area contributed by atoms with Gasteiger partial charge >= 0.3 is 6.36 Å². The first kappa shape index (κ1) is 26.0. The summed E-state index contributed by atoms with van der Waals surface area (Å²) in [6.07, 6.45) is -4.69. The van der Waals surface area contributed by atoms with Crippen molar-refractivity contribution in [3.8, 4) is 16.9 Å². The highest BCUT2D eigenvalue weighted by Gasteiger charge is 2.31. The summed E-state index contributed by atoms with van der Waals surface area (Å²) in [7, 11) is 0. The maximum absolute atomic E-state index is 12.5. The van der Waals surface area contributed by atoms with Gasteiger partial charge < -0.3 is 10.1 Å². The van der Waals surface area contributed by atoms with Gasteiger partial charge in [0.1, 0.15) is 5.75 Å². The second-order valence-corrected chi connectivity index (χ2v) is 7.30. The first-order valence-electron chi connectivity index (χ1n) is 9.95. The Morgan fingerprint density at radius 2 is 1.38 bits per heavy atom. The van der Waals surface area contributed by atoms with Crippen LogP contribution < -0.4 is 10.1 Å². The summed E-state index contributed by atoms with van der Waals surface area (Å²) < 4.78 is 41.6. The van der Waals surface area contributed by atoms with Gasteiger partial charge in [-0.05, 0) is 40.5 Å². The largest absolute Gasteiger partial charge is 0.573 e. The van der Waals surface area contributed by atoms with Gasteiger partial charge in [0.2, 0.25) is 0 Å². The van der Waals surface area contributed by atoms with Gasteiger partial charge in [-0.1, -0.05) is 60.7 Å². The maximum atomic E-state index is 12.5. The van der Waals surface area contributed by atoms with Crippen LogP contribution in [0.2, 0.25) is 0 Å². The Labute approximate surface area is 198 Å². The van der Waals surface area contributed by atoms with E-state index in [1.165, 1.54) is 12.1 Å². The fourth-order valence-electron chi connectivity index (χ4n) is 3.93. The Bertz CT molecular complexity index is 963. The van der Waals surface area contributed by atoms with E-state index in [9.17, 15) is 13.2 Å². The molecule has 3 aromatic rings. The zero-order valence-corrected chi connectivity index (χ0v) is 18.9. The fourth-order valence-corrected chi connectivity index (χ4v) is 3.93. The molecule has 1 atom stereocenters. The van der Waals surface area contributed by atoms with Crippen LogP contribution in [0.1, 0.15) is 17.2 Å². The quantitative estimate of drug-likeness (QED) is 0.474. The number of nitrogens with one attached hydrogen (secondary N) is 1. The molecule has 1 fully saturated rings. The van der Waals surface area contributed by atoms with E-state index >= 15 is 0 Å². The predicted molar refractivity (Wildman–Crippen MR) is 126 cm³/mol. The highest BCUT2D eigenvalue weighted by atomic mass is 35.5. The average molecular weight is 485 g/mol. The Balaban J connectivity index is 0.00000181. The maximum Gasteiger partial charge on any atom is 0.573 e. The van der Waals surface area contributed by atoms with Crippen LogP contribution in [0.5, 0.6) is 5.75 Å². The summed E-state index contributed by atoms with van der Waals surface area (Å²) in [5.41, 5.74) is 4.30. The van der Waals surface area contributed by atoms with Crippen molar-refractivity contribution in [2.24, 2.45) is 0 Å². The molecule has 0 bridgehead atoms. The summed E-state index contributed by atoms with van der Waals surface area (Å²) in [6.45, 7) is 3.48. The number of ether oxygens (including phenoxy) is 1. The molecule has 0 unspecified atom stereocenters. The summed E-state index contributed by atoms with van der Waals surface area (Å²) in [5.74, 6) is -0.205. The molecule has 0 saturated carbocycles. The van der Waals surface area contributed by atoms with E-state index in [1.807, 2.05) is 24.3 Å². The molecule has 0 amide bonds. The molecule has 0 aromatic heterocycles. The van der Waals surface area contributed by atoms with E-state index in [0.717, 1.165) is 48.4 Å². The second-order valence-electron chi connectivity index (χ2n) is 7.30. The van der Waals surface area contributed by atoms with E-state index in [4.69, 9.17) is 0 Å². The number of nitrogens with zero attached hydrogens (tertiary/aromatic N) is 1.